The monoisotopic (exact) mass is 352 g/mol. The summed E-state index contributed by atoms with van der Waals surface area (Å²) in [6.07, 6.45) is 4.54. The summed E-state index contributed by atoms with van der Waals surface area (Å²) in [6.45, 7) is 4.87. The zero-order valence-electron chi connectivity index (χ0n) is 15.1. The van der Waals surface area contributed by atoms with Crippen LogP contribution in [-0.2, 0) is 6.54 Å². The van der Waals surface area contributed by atoms with E-state index in [0.29, 0.717) is 0 Å². The van der Waals surface area contributed by atoms with Gasteiger partial charge in [0, 0.05) is 52.2 Å². The lowest BCUT2D eigenvalue weighted by molar-refractivity contribution is -0.0693. The fraction of sp³-hybridized carbons (Fsp3) is 0.333. The van der Waals surface area contributed by atoms with Gasteiger partial charge in [-0.3, -0.25) is 9.91 Å². The van der Waals surface area contributed by atoms with E-state index in [0.717, 1.165) is 32.7 Å². The van der Waals surface area contributed by atoms with Gasteiger partial charge < -0.3 is 4.90 Å². The van der Waals surface area contributed by atoms with Gasteiger partial charge in [-0.25, -0.2) is 9.40 Å². The number of hydrazine groups is 1. The van der Waals surface area contributed by atoms with E-state index in [1.54, 1.807) is 12.1 Å². The molecule has 26 heavy (non-hydrogen) atoms. The van der Waals surface area contributed by atoms with E-state index >= 15 is 0 Å². The van der Waals surface area contributed by atoms with Crippen LogP contribution in [0.4, 0.5) is 4.39 Å². The van der Waals surface area contributed by atoms with E-state index < -0.39 is 0 Å². The Balaban J connectivity index is 1.38. The molecule has 0 aromatic heterocycles. The van der Waals surface area contributed by atoms with Gasteiger partial charge in [0.1, 0.15) is 12.0 Å². The second-order valence-corrected chi connectivity index (χ2v) is 6.98. The minimum absolute atomic E-state index is 0.171. The van der Waals surface area contributed by atoms with Crippen molar-refractivity contribution in [2.24, 2.45) is 0 Å². The second kappa shape index (κ2) is 7.48. The van der Waals surface area contributed by atoms with Crippen molar-refractivity contribution in [2.75, 3.05) is 33.2 Å². The number of rotatable bonds is 4. The van der Waals surface area contributed by atoms with Crippen molar-refractivity contribution in [1.29, 1.82) is 0 Å². The number of hydrogen-bond donors (Lipinski definition) is 0. The molecule has 4 nitrogen and oxygen atoms in total. The molecule has 2 aromatic carbocycles. The summed E-state index contributed by atoms with van der Waals surface area (Å²) in [7, 11) is 2.12. The SMILES string of the molecule is CN1C=CN(N2CCN(Cc3ccc(F)cc3)CC2)C1c1ccccc1. The molecule has 1 saturated heterocycles. The highest BCUT2D eigenvalue weighted by atomic mass is 19.1. The zero-order chi connectivity index (χ0) is 17.9. The van der Waals surface area contributed by atoms with Crippen molar-refractivity contribution < 1.29 is 4.39 Å². The standard InChI is InChI=1S/C21H25FN4/c1-23-11-16-26(21(23)19-5-3-2-4-6-19)25-14-12-24(13-15-25)17-18-7-9-20(22)10-8-18/h2-11,16,21H,12-15,17H2,1H3. The lowest BCUT2D eigenvalue weighted by Gasteiger charge is -2.43. The van der Waals surface area contributed by atoms with Crippen LogP contribution in [-0.4, -0.2) is 53.0 Å². The van der Waals surface area contributed by atoms with Crippen molar-refractivity contribution >= 4 is 0 Å². The molecule has 2 aromatic rings. The maximum absolute atomic E-state index is 13.1. The van der Waals surface area contributed by atoms with E-state index in [-0.39, 0.29) is 12.0 Å². The molecule has 0 spiro atoms. The first-order chi connectivity index (χ1) is 12.7. The third-order valence-electron chi connectivity index (χ3n) is 5.18. The Bertz CT molecular complexity index is 738. The van der Waals surface area contributed by atoms with E-state index in [4.69, 9.17) is 0 Å². The Hall–Kier alpha value is -2.37. The van der Waals surface area contributed by atoms with Crippen LogP contribution in [0.2, 0.25) is 0 Å². The molecule has 0 N–H and O–H groups in total. The highest BCUT2D eigenvalue weighted by molar-refractivity contribution is 5.21. The third-order valence-corrected chi connectivity index (χ3v) is 5.18. The van der Waals surface area contributed by atoms with Crippen LogP contribution in [0.25, 0.3) is 0 Å². The molecular formula is C21H25FN4. The molecule has 1 fully saturated rings. The highest BCUT2D eigenvalue weighted by Crippen LogP contribution is 2.31. The molecule has 136 valence electrons. The van der Waals surface area contributed by atoms with Gasteiger partial charge in [-0.2, -0.15) is 0 Å². The molecule has 1 atom stereocenters. The average molecular weight is 352 g/mol. The molecule has 2 aliphatic heterocycles. The molecular weight excluding hydrogens is 327 g/mol. The number of hydrogen-bond acceptors (Lipinski definition) is 4. The van der Waals surface area contributed by atoms with Crippen LogP contribution in [0, 0.1) is 5.82 Å². The number of nitrogens with zero attached hydrogens (tertiary/aromatic N) is 4. The summed E-state index contributed by atoms with van der Waals surface area (Å²) < 4.78 is 13.1. The molecule has 0 aliphatic carbocycles. The van der Waals surface area contributed by atoms with Crippen LogP contribution in [0.15, 0.2) is 67.0 Å². The molecule has 0 amide bonds. The second-order valence-electron chi connectivity index (χ2n) is 6.98. The van der Waals surface area contributed by atoms with Gasteiger partial charge in [-0.05, 0) is 23.3 Å². The lowest BCUT2D eigenvalue weighted by Crippen LogP contribution is -2.52. The largest absolute Gasteiger partial charge is 0.354 e. The summed E-state index contributed by atoms with van der Waals surface area (Å²) in [4.78, 5) is 4.69. The summed E-state index contributed by atoms with van der Waals surface area (Å²) in [6, 6.07) is 17.5. The van der Waals surface area contributed by atoms with Gasteiger partial charge in [0.15, 0.2) is 0 Å². The third kappa shape index (κ3) is 3.59. The smallest absolute Gasteiger partial charge is 0.141 e. The van der Waals surface area contributed by atoms with Gasteiger partial charge in [0.25, 0.3) is 0 Å². The zero-order valence-corrected chi connectivity index (χ0v) is 15.1. The minimum atomic E-state index is -0.171. The van der Waals surface area contributed by atoms with Gasteiger partial charge in [0.05, 0.1) is 0 Å². The molecule has 0 saturated carbocycles. The average Bonchev–Trinajstić information content (AvgIpc) is 3.06. The van der Waals surface area contributed by atoms with Crippen LogP contribution < -0.4 is 0 Å². The summed E-state index contributed by atoms with van der Waals surface area (Å²) in [5.74, 6) is -0.171. The van der Waals surface area contributed by atoms with Crippen molar-refractivity contribution in [1.82, 2.24) is 19.8 Å². The van der Waals surface area contributed by atoms with Gasteiger partial charge in [-0.1, -0.05) is 42.5 Å². The Kier molecular flexibility index (Phi) is 4.91. The predicted octanol–water partition coefficient (Wildman–Crippen LogP) is 3.28. The van der Waals surface area contributed by atoms with Crippen molar-refractivity contribution in [3.05, 3.63) is 83.9 Å². The minimum Gasteiger partial charge on any atom is -0.354 e. The summed E-state index contributed by atoms with van der Waals surface area (Å²) in [5, 5.41) is 4.78. The Morgan fingerprint density at radius 3 is 2.27 bits per heavy atom. The Morgan fingerprint density at radius 1 is 0.885 bits per heavy atom. The number of halogens is 1. The summed E-state index contributed by atoms with van der Waals surface area (Å²) in [5.41, 5.74) is 2.47. The topological polar surface area (TPSA) is 13.0 Å². The molecule has 1 unspecified atom stereocenters. The van der Waals surface area contributed by atoms with E-state index in [9.17, 15) is 4.39 Å². The van der Waals surface area contributed by atoms with Crippen LogP contribution in [0.5, 0.6) is 0 Å². The predicted molar refractivity (Wildman–Crippen MR) is 101 cm³/mol. The van der Waals surface area contributed by atoms with Crippen LogP contribution in [0.3, 0.4) is 0 Å². The Morgan fingerprint density at radius 2 is 1.58 bits per heavy atom. The molecule has 0 bridgehead atoms. The number of piperazine rings is 1. The molecule has 0 radical (unpaired) electrons. The molecule has 4 rings (SSSR count). The first-order valence-electron chi connectivity index (χ1n) is 9.16. The molecule has 2 heterocycles. The first-order valence-corrected chi connectivity index (χ1v) is 9.16. The first kappa shape index (κ1) is 17.1. The van der Waals surface area contributed by atoms with Crippen molar-refractivity contribution in [3.8, 4) is 0 Å². The lowest BCUT2D eigenvalue weighted by atomic mass is 10.1. The fourth-order valence-electron chi connectivity index (χ4n) is 3.76. The van der Waals surface area contributed by atoms with Crippen LogP contribution >= 0.6 is 0 Å². The van der Waals surface area contributed by atoms with E-state index in [1.807, 2.05) is 12.1 Å². The quantitative estimate of drug-likeness (QED) is 0.837. The normalized spacial score (nSPS) is 21.5. The van der Waals surface area contributed by atoms with Crippen molar-refractivity contribution in [3.63, 3.8) is 0 Å². The highest BCUT2D eigenvalue weighted by Gasteiger charge is 2.31. The molecule has 5 heteroatoms. The maximum atomic E-state index is 13.1. The maximum Gasteiger partial charge on any atom is 0.141 e. The van der Waals surface area contributed by atoms with Crippen molar-refractivity contribution in [2.45, 2.75) is 12.7 Å². The Labute approximate surface area is 154 Å². The number of benzene rings is 2. The van der Waals surface area contributed by atoms with Gasteiger partial charge >= 0.3 is 0 Å². The van der Waals surface area contributed by atoms with E-state index in [2.05, 4.69) is 69.6 Å². The van der Waals surface area contributed by atoms with Gasteiger partial charge in [0.2, 0.25) is 0 Å². The fourth-order valence-corrected chi connectivity index (χ4v) is 3.76. The summed E-state index contributed by atoms with van der Waals surface area (Å²) >= 11 is 0. The van der Waals surface area contributed by atoms with Gasteiger partial charge in [-0.15, -0.1) is 0 Å². The molecule has 2 aliphatic rings. The van der Waals surface area contributed by atoms with Crippen LogP contribution in [0.1, 0.15) is 17.3 Å². The van der Waals surface area contributed by atoms with E-state index in [1.165, 1.54) is 11.1 Å².